The van der Waals surface area contributed by atoms with Crippen molar-refractivity contribution >= 4 is 27.0 Å². The maximum absolute atomic E-state index is 13.6. The van der Waals surface area contributed by atoms with Crippen LogP contribution in [-0.2, 0) is 10.0 Å². The molecule has 4 aromatic heterocycles. The van der Waals surface area contributed by atoms with Crippen molar-refractivity contribution in [2.75, 3.05) is 26.2 Å². The Kier molecular flexibility index (Phi) is 5.45. The van der Waals surface area contributed by atoms with Crippen LogP contribution in [-0.4, -0.2) is 64.8 Å². The molecule has 0 spiro atoms. The molecule has 1 fully saturated rings. The maximum atomic E-state index is 13.6. The van der Waals surface area contributed by atoms with Gasteiger partial charge in [0.1, 0.15) is 16.4 Å². The molecule has 1 aliphatic rings. The van der Waals surface area contributed by atoms with E-state index in [2.05, 4.69) is 15.1 Å². The van der Waals surface area contributed by atoms with E-state index in [1.807, 2.05) is 19.9 Å². The van der Waals surface area contributed by atoms with Gasteiger partial charge in [-0.3, -0.25) is 9.78 Å². The molecular weight excluding hydrogens is 458 g/mol. The van der Waals surface area contributed by atoms with E-state index in [9.17, 15) is 13.2 Å². The van der Waals surface area contributed by atoms with Crippen LogP contribution in [0.5, 0.6) is 0 Å². The van der Waals surface area contributed by atoms with Gasteiger partial charge in [0.25, 0.3) is 11.6 Å². The highest BCUT2D eigenvalue weighted by Gasteiger charge is 2.32. The summed E-state index contributed by atoms with van der Waals surface area (Å²) in [6.45, 7) is 6.33. The summed E-state index contributed by atoms with van der Waals surface area (Å²) in [4.78, 5) is 23.8. The lowest BCUT2D eigenvalue weighted by molar-refractivity contribution is 0.0699. The van der Waals surface area contributed by atoms with E-state index in [1.165, 1.54) is 22.8 Å². The average molecular weight is 482 g/mol. The molecule has 34 heavy (non-hydrogen) atoms. The number of sulfonamides is 1. The normalized spacial score (nSPS) is 15.2. The highest BCUT2D eigenvalue weighted by molar-refractivity contribution is 7.89. The van der Waals surface area contributed by atoms with Crippen molar-refractivity contribution in [3.63, 3.8) is 0 Å². The summed E-state index contributed by atoms with van der Waals surface area (Å²) in [6.07, 6.45) is 2.86. The number of rotatable bonds is 4. The number of carbonyl (C=O) groups is 1. The number of aromatic nitrogens is 3. The molecule has 0 radical (unpaired) electrons. The van der Waals surface area contributed by atoms with Crippen molar-refractivity contribution in [2.45, 2.75) is 25.7 Å². The molecule has 0 aliphatic carbocycles. The molecular formula is C23H23N5O5S. The first-order valence-electron chi connectivity index (χ1n) is 10.8. The predicted octanol–water partition coefficient (Wildman–Crippen LogP) is 2.95. The number of hydrogen-bond donors (Lipinski definition) is 0. The van der Waals surface area contributed by atoms with Crippen LogP contribution in [0.15, 0.2) is 50.5 Å². The van der Waals surface area contributed by atoms with E-state index in [-0.39, 0.29) is 42.7 Å². The lowest BCUT2D eigenvalue weighted by Gasteiger charge is -2.34. The SMILES string of the molecule is Cc1cc(-c2cc(C(=O)N3CCN(S(=O)(=O)c4cccnc4)CC3)c3c(C)noc3n2)c(C)o1. The number of piperazine rings is 1. The van der Waals surface area contributed by atoms with Crippen molar-refractivity contribution in [2.24, 2.45) is 0 Å². The fraction of sp³-hybridized carbons (Fsp3) is 0.304. The molecule has 0 unspecified atom stereocenters. The summed E-state index contributed by atoms with van der Waals surface area (Å²) in [6, 6.07) is 6.70. The molecule has 0 N–H and O–H groups in total. The molecule has 0 bridgehead atoms. The van der Waals surface area contributed by atoms with Gasteiger partial charge in [-0.05, 0) is 45.0 Å². The molecule has 1 aliphatic heterocycles. The standard InChI is InChI=1S/C23H23N5O5S/c1-14-11-18(16(3)32-14)20-12-19(21-15(2)26-33-22(21)25-20)23(29)27-7-9-28(10-8-27)34(30,31)17-5-4-6-24-13-17/h4-6,11-13H,7-10H2,1-3H3. The summed E-state index contributed by atoms with van der Waals surface area (Å²) >= 11 is 0. The minimum atomic E-state index is -3.67. The highest BCUT2D eigenvalue weighted by Crippen LogP contribution is 2.31. The zero-order chi connectivity index (χ0) is 24.0. The van der Waals surface area contributed by atoms with Gasteiger partial charge >= 0.3 is 0 Å². The fourth-order valence-corrected chi connectivity index (χ4v) is 5.62. The molecule has 0 saturated carbocycles. The van der Waals surface area contributed by atoms with Crippen molar-refractivity contribution in [1.29, 1.82) is 0 Å². The van der Waals surface area contributed by atoms with Crippen LogP contribution >= 0.6 is 0 Å². The van der Waals surface area contributed by atoms with Crippen molar-refractivity contribution < 1.29 is 22.2 Å². The number of furan rings is 1. The molecule has 1 amide bonds. The minimum Gasteiger partial charge on any atom is -0.466 e. The summed E-state index contributed by atoms with van der Waals surface area (Å²) in [5.74, 6) is 1.20. The van der Waals surface area contributed by atoms with Gasteiger partial charge in [-0.1, -0.05) is 5.16 Å². The van der Waals surface area contributed by atoms with Crippen LogP contribution in [0.1, 0.15) is 27.6 Å². The molecule has 10 nitrogen and oxygen atoms in total. The molecule has 0 aromatic carbocycles. The topological polar surface area (TPSA) is 123 Å². The Hall–Kier alpha value is -3.57. The van der Waals surface area contributed by atoms with Crippen molar-refractivity contribution in [1.82, 2.24) is 24.3 Å². The van der Waals surface area contributed by atoms with Gasteiger partial charge in [0.15, 0.2) is 0 Å². The monoisotopic (exact) mass is 481 g/mol. The third-order valence-corrected chi connectivity index (χ3v) is 7.84. The van der Waals surface area contributed by atoms with Crippen LogP contribution < -0.4 is 0 Å². The van der Waals surface area contributed by atoms with E-state index >= 15 is 0 Å². The predicted molar refractivity (Wildman–Crippen MR) is 123 cm³/mol. The number of nitrogens with zero attached hydrogens (tertiary/aromatic N) is 5. The summed E-state index contributed by atoms with van der Waals surface area (Å²) in [7, 11) is -3.67. The molecule has 176 valence electrons. The van der Waals surface area contributed by atoms with Crippen LogP contribution in [0.4, 0.5) is 0 Å². The quantitative estimate of drug-likeness (QED) is 0.436. The van der Waals surface area contributed by atoms with Crippen LogP contribution in [0.3, 0.4) is 0 Å². The Balaban J connectivity index is 1.44. The summed E-state index contributed by atoms with van der Waals surface area (Å²) in [5, 5.41) is 4.55. The molecule has 1 saturated heterocycles. The summed E-state index contributed by atoms with van der Waals surface area (Å²) in [5.41, 5.74) is 2.58. The highest BCUT2D eigenvalue weighted by atomic mass is 32.2. The van der Waals surface area contributed by atoms with Gasteiger partial charge in [-0.2, -0.15) is 4.31 Å². The van der Waals surface area contributed by atoms with Gasteiger partial charge in [-0.15, -0.1) is 0 Å². The number of amides is 1. The second kappa shape index (κ2) is 8.33. The van der Waals surface area contributed by atoms with Crippen molar-refractivity contribution in [3.05, 3.63) is 59.4 Å². The first-order valence-corrected chi connectivity index (χ1v) is 12.2. The van der Waals surface area contributed by atoms with Gasteiger partial charge in [0, 0.05) is 44.1 Å². The number of carbonyl (C=O) groups excluding carboxylic acids is 1. The average Bonchev–Trinajstić information content (AvgIpc) is 3.39. The summed E-state index contributed by atoms with van der Waals surface area (Å²) < 4.78 is 38.2. The van der Waals surface area contributed by atoms with Crippen LogP contribution in [0, 0.1) is 20.8 Å². The van der Waals surface area contributed by atoms with Gasteiger partial charge in [-0.25, -0.2) is 13.4 Å². The second-order valence-corrected chi connectivity index (χ2v) is 10.2. The smallest absolute Gasteiger partial charge is 0.259 e. The number of fused-ring (bicyclic) bond motifs is 1. The van der Waals surface area contributed by atoms with E-state index in [1.54, 1.807) is 24.0 Å². The Bertz CT molecular complexity index is 1480. The Morgan fingerprint density at radius 3 is 2.50 bits per heavy atom. The van der Waals surface area contributed by atoms with E-state index < -0.39 is 10.0 Å². The molecule has 4 aromatic rings. The number of hydrogen-bond acceptors (Lipinski definition) is 8. The van der Waals surface area contributed by atoms with Gasteiger partial charge in [0.05, 0.1) is 22.3 Å². The third-order valence-electron chi connectivity index (χ3n) is 5.96. The van der Waals surface area contributed by atoms with Crippen LogP contribution in [0.2, 0.25) is 0 Å². The second-order valence-electron chi connectivity index (χ2n) is 8.22. The number of aryl methyl sites for hydroxylation is 3. The van der Waals surface area contributed by atoms with Crippen LogP contribution in [0.25, 0.3) is 22.4 Å². The third kappa shape index (κ3) is 3.76. The van der Waals surface area contributed by atoms with E-state index in [0.29, 0.717) is 28.1 Å². The Morgan fingerprint density at radius 2 is 1.85 bits per heavy atom. The minimum absolute atomic E-state index is 0.140. The zero-order valence-electron chi connectivity index (χ0n) is 19.0. The lowest BCUT2D eigenvalue weighted by Crippen LogP contribution is -2.50. The van der Waals surface area contributed by atoms with Gasteiger partial charge in [0.2, 0.25) is 10.0 Å². The van der Waals surface area contributed by atoms with E-state index in [4.69, 9.17) is 8.94 Å². The Labute approximate surface area is 196 Å². The maximum Gasteiger partial charge on any atom is 0.259 e. The van der Waals surface area contributed by atoms with E-state index in [0.717, 1.165) is 11.3 Å². The zero-order valence-corrected chi connectivity index (χ0v) is 19.8. The molecule has 5 heterocycles. The molecule has 5 rings (SSSR count). The molecule has 11 heteroatoms. The largest absolute Gasteiger partial charge is 0.466 e. The molecule has 0 atom stereocenters. The number of pyridine rings is 2. The fourth-order valence-electron chi connectivity index (χ4n) is 4.24. The van der Waals surface area contributed by atoms with Crippen molar-refractivity contribution in [3.8, 4) is 11.3 Å². The Morgan fingerprint density at radius 1 is 1.09 bits per heavy atom. The first kappa shape index (κ1) is 22.2. The first-order chi connectivity index (χ1) is 16.3. The van der Waals surface area contributed by atoms with Gasteiger partial charge < -0.3 is 13.8 Å². The lowest BCUT2D eigenvalue weighted by atomic mass is 10.0.